The maximum atomic E-state index is 10.0. The van der Waals surface area contributed by atoms with Crippen molar-refractivity contribution in [2.75, 3.05) is 0 Å². The summed E-state index contributed by atoms with van der Waals surface area (Å²) in [4.78, 5) is 30.1. The Morgan fingerprint density at radius 2 is 0.595 bits per heavy atom. The van der Waals surface area contributed by atoms with E-state index in [0.29, 0.717) is 16.2 Å². The molecule has 0 unspecified atom stereocenters. The molecule has 0 saturated carbocycles. The SMILES string of the molecule is CC(C)(C)CCCCCC(=O)[O-].CC(C)(C)CCCCCC(=O)[O-].CC(C)(C)CCCCCC(=O)[O-].[Cr+3]. The molecule has 0 atom stereocenters. The van der Waals surface area contributed by atoms with Crippen LogP contribution in [0.1, 0.15) is 159 Å². The van der Waals surface area contributed by atoms with Gasteiger partial charge >= 0.3 is 17.4 Å². The minimum atomic E-state index is -0.925. The summed E-state index contributed by atoms with van der Waals surface area (Å²) >= 11 is 0. The Balaban J connectivity index is -0.000000218. The van der Waals surface area contributed by atoms with Crippen LogP contribution in [0.2, 0.25) is 0 Å². The molecule has 0 aromatic rings. The van der Waals surface area contributed by atoms with E-state index in [0.717, 1.165) is 57.8 Å². The van der Waals surface area contributed by atoms with Crippen molar-refractivity contribution in [3.63, 3.8) is 0 Å². The fourth-order valence-corrected chi connectivity index (χ4v) is 3.30. The van der Waals surface area contributed by atoms with E-state index >= 15 is 0 Å². The molecule has 0 aromatic carbocycles. The van der Waals surface area contributed by atoms with Crippen LogP contribution in [0.4, 0.5) is 0 Å². The van der Waals surface area contributed by atoms with Crippen molar-refractivity contribution in [3.8, 4) is 0 Å². The summed E-state index contributed by atoms with van der Waals surface area (Å²) in [6, 6.07) is 0. The summed E-state index contributed by atoms with van der Waals surface area (Å²) < 4.78 is 0. The molecule has 0 aliphatic heterocycles. The molecule has 0 N–H and O–H groups in total. The van der Waals surface area contributed by atoms with Gasteiger partial charge in [-0.2, -0.15) is 0 Å². The molecule has 0 heterocycles. The Morgan fingerprint density at radius 3 is 0.730 bits per heavy atom. The summed E-state index contributed by atoms with van der Waals surface area (Å²) in [6.45, 7) is 19.8. The average molecular weight is 566 g/mol. The first-order valence-electron chi connectivity index (χ1n) is 13.8. The third-order valence-electron chi connectivity index (χ3n) is 5.42. The molecule has 0 bridgehead atoms. The van der Waals surface area contributed by atoms with E-state index in [2.05, 4.69) is 62.3 Å². The Bertz CT molecular complexity index is 487. The van der Waals surface area contributed by atoms with Crippen molar-refractivity contribution < 1.29 is 47.1 Å². The molecule has 0 fully saturated rings. The smallest absolute Gasteiger partial charge is 0.550 e. The van der Waals surface area contributed by atoms with Gasteiger partial charge in [0.2, 0.25) is 0 Å². The van der Waals surface area contributed by atoms with Gasteiger partial charge in [-0.15, -0.1) is 0 Å². The molecule has 219 valence electrons. The van der Waals surface area contributed by atoms with Gasteiger partial charge < -0.3 is 29.7 Å². The molecule has 0 aliphatic rings. The van der Waals surface area contributed by atoms with Crippen LogP contribution in [-0.4, -0.2) is 17.9 Å². The maximum absolute atomic E-state index is 10.0. The molecule has 0 rings (SSSR count). The summed E-state index contributed by atoms with van der Waals surface area (Å²) in [5.41, 5.74) is 1.13. The van der Waals surface area contributed by atoms with Gasteiger partial charge in [-0.05, 0) is 74.0 Å². The number of carboxylic acid groups (broad SMARTS) is 3. The van der Waals surface area contributed by atoms with Gasteiger partial charge in [0, 0.05) is 17.9 Å². The number of carbonyl (C=O) groups excluding carboxylic acids is 3. The minimum absolute atomic E-state index is 0. The molecule has 0 aliphatic carbocycles. The first kappa shape index (κ1) is 43.0. The Kier molecular flexibility index (Phi) is 27.9. The fourth-order valence-electron chi connectivity index (χ4n) is 3.30. The molecule has 0 saturated heterocycles. The van der Waals surface area contributed by atoms with E-state index in [4.69, 9.17) is 0 Å². The van der Waals surface area contributed by atoms with Gasteiger partial charge in [0.25, 0.3) is 0 Å². The van der Waals surface area contributed by atoms with E-state index < -0.39 is 17.9 Å². The summed E-state index contributed by atoms with van der Waals surface area (Å²) in [5.74, 6) is -2.78. The van der Waals surface area contributed by atoms with Crippen LogP contribution < -0.4 is 15.3 Å². The van der Waals surface area contributed by atoms with Crippen LogP contribution in [0.5, 0.6) is 0 Å². The van der Waals surface area contributed by atoms with Crippen LogP contribution in [0, 0.1) is 16.2 Å². The Hall–Kier alpha value is -1.06. The minimum Gasteiger partial charge on any atom is -0.550 e. The largest absolute Gasteiger partial charge is 3.00 e. The number of unbranched alkanes of at least 4 members (excludes halogenated alkanes) is 6. The molecule has 7 heteroatoms. The van der Waals surface area contributed by atoms with Crippen molar-refractivity contribution >= 4 is 17.9 Å². The number of hydrogen-bond acceptors (Lipinski definition) is 6. The van der Waals surface area contributed by atoms with Crippen molar-refractivity contribution in [3.05, 3.63) is 0 Å². The van der Waals surface area contributed by atoms with Crippen LogP contribution in [-0.2, 0) is 31.7 Å². The van der Waals surface area contributed by atoms with Crippen molar-refractivity contribution in [1.29, 1.82) is 0 Å². The van der Waals surface area contributed by atoms with Crippen molar-refractivity contribution in [2.24, 2.45) is 16.2 Å². The van der Waals surface area contributed by atoms with Crippen LogP contribution in [0.15, 0.2) is 0 Å². The van der Waals surface area contributed by atoms with Crippen molar-refractivity contribution in [1.82, 2.24) is 0 Å². The zero-order valence-corrected chi connectivity index (χ0v) is 26.7. The Morgan fingerprint density at radius 1 is 0.405 bits per heavy atom. The van der Waals surface area contributed by atoms with Gasteiger partial charge in [0.15, 0.2) is 0 Å². The number of rotatable bonds is 15. The maximum Gasteiger partial charge on any atom is 3.00 e. The van der Waals surface area contributed by atoms with E-state index in [-0.39, 0.29) is 36.6 Å². The molecule has 6 nitrogen and oxygen atoms in total. The predicted molar refractivity (Wildman–Crippen MR) is 143 cm³/mol. The van der Waals surface area contributed by atoms with Gasteiger partial charge in [-0.3, -0.25) is 0 Å². The number of hydrogen-bond donors (Lipinski definition) is 0. The van der Waals surface area contributed by atoms with E-state index in [1.165, 1.54) is 19.3 Å². The number of carboxylic acids is 3. The Labute approximate surface area is 239 Å². The first-order valence-corrected chi connectivity index (χ1v) is 13.8. The topological polar surface area (TPSA) is 120 Å². The fraction of sp³-hybridized carbons (Fsp3) is 0.900. The summed E-state index contributed by atoms with van der Waals surface area (Å²) in [7, 11) is 0. The predicted octanol–water partition coefficient (Wildman–Crippen LogP) is 5.20. The van der Waals surface area contributed by atoms with E-state index in [1.54, 1.807) is 0 Å². The summed E-state index contributed by atoms with van der Waals surface area (Å²) in [6.07, 6.45) is 12.8. The second-order valence-electron chi connectivity index (χ2n) is 13.5. The molecular weight excluding hydrogens is 508 g/mol. The molecule has 0 aromatic heterocycles. The number of aliphatic carboxylic acids is 3. The zero-order chi connectivity index (χ0) is 28.8. The van der Waals surface area contributed by atoms with Crippen LogP contribution in [0.3, 0.4) is 0 Å². The number of carbonyl (C=O) groups is 3. The van der Waals surface area contributed by atoms with Crippen molar-refractivity contribution in [2.45, 2.75) is 159 Å². The second-order valence-corrected chi connectivity index (χ2v) is 13.5. The molecule has 1 radical (unpaired) electrons. The van der Waals surface area contributed by atoms with Crippen LogP contribution >= 0.6 is 0 Å². The van der Waals surface area contributed by atoms with E-state index in [1.807, 2.05) is 0 Å². The van der Waals surface area contributed by atoms with Gasteiger partial charge in [0.05, 0.1) is 0 Å². The first-order chi connectivity index (χ1) is 16.2. The molecule has 0 spiro atoms. The van der Waals surface area contributed by atoms with Crippen LogP contribution in [0.25, 0.3) is 0 Å². The van der Waals surface area contributed by atoms with Gasteiger partial charge in [-0.25, -0.2) is 0 Å². The molecular formula is C30H57CrO6. The van der Waals surface area contributed by atoms with Gasteiger partial charge in [0.1, 0.15) is 0 Å². The average Bonchev–Trinajstić information content (AvgIpc) is 2.65. The second kappa shape index (κ2) is 24.0. The quantitative estimate of drug-likeness (QED) is 0.252. The molecule has 0 amide bonds. The monoisotopic (exact) mass is 565 g/mol. The molecule has 37 heavy (non-hydrogen) atoms. The van der Waals surface area contributed by atoms with Gasteiger partial charge in [-0.1, -0.05) is 101 Å². The standard InChI is InChI=1S/3C10H20O2.Cr/c3*1-10(2,3)8-6-4-5-7-9(11)12;/h3*4-8H2,1-3H3,(H,11,12);/q;;;+3/p-3. The normalized spacial score (nSPS) is 11.3. The third kappa shape index (κ3) is 56.3. The van der Waals surface area contributed by atoms with E-state index in [9.17, 15) is 29.7 Å². The summed E-state index contributed by atoms with van der Waals surface area (Å²) in [5, 5.41) is 30.1. The zero-order valence-electron chi connectivity index (χ0n) is 25.5. The third-order valence-corrected chi connectivity index (χ3v) is 5.42.